The molecule has 0 fully saturated rings. The van der Waals surface area contributed by atoms with Crippen LogP contribution in [0.25, 0.3) is 0 Å². The molecule has 20 heavy (non-hydrogen) atoms. The van der Waals surface area contributed by atoms with Gasteiger partial charge >= 0.3 is 0 Å². The summed E-state index contributed by atoms with van der Waals surface area (Å²) >= 11 is 12.2. The van der Waals surface area contributed by atoms with Crippen molar-refractivity contribution in [3.63, 3.8) is 0 Å². The van der Waals surface area contributed by atoms with E-state index in [1.165, 1.54) is 6.07 Å². The van der Waals surface area contributed by atoms with Gasteiger partial charge in [0, 0.05) is 19.5 Å². The molecule has 1 heterocycles. The molecule has 1 aromatic heterocycles. The fourth-order valence-corrected chi connectivity index (χ4v) is 2.80. The number of nitrogens with zero attached hydrogens (tertiary/aromatic N) is 2. The van der Waals surface area contributed by atoms with E-state index in [1.807, 2.05) is 14.0 Å². The summed E-state index contributed by atoms with van der Waals surface area (Å²) in [7, 11) is 1.82. The number of rotatable bonds is 4. The SMILES string of the molecule is CCc1nn(C)c(CC(N)c2cccc(F)c2Cl)c1Cl. The third kappa shape index (κ3) is 2.82. The van der Waals surface area contributed by atoms with Crippen molar-refractivity contribution in [3.05, 3.63) is 51.0 Å². The lowest BCUT2D eigenvalue weighted by molar-refractivity contribution is 0.610. The fraction of sp³-hybridized carbons (Fsp3) is 0.357. The predicted molar refractivity (Wildman–Crippen MR) is 79.6 cm³/mol. The van der Waals surface area contributed by atoms with Crippen molar-refractivity contribution in [2.75, 3.05) is 0 Å². The lowest BCUT2D eigenvalue weighted by Gasteiger charge is -2.14. The Morgan fingerprint density at radius 2 is 2.05 bits per heavy atom. The minimum Gasteiger partial charge on any atom is -0.324 e. The summed E-state index contributed by atoms with van der Waals surface area (Å²) in [6.45, 7) is 1.99. The standard InChI is InChI=1S/C14H16Cl2FN3/c1-3-11-14(16)12(20(2)19-11)7-10(18)8-5-4-6-9(17)13(8)15/h4-6,10H,3,7,18H2,1-2H3. The number of nitrogens with two attached hydrogens (primary N) is 1. The molecule has 0 saturated heterocycles. The molecule has 6 heteroatoms. The fourth-order valence-electron chi connectivity index (χ4n) is 2.17. The third-order valence-electron chi connectivity index (χ3n) is 3.30. The van der Waals surface area contributed by atoms with E-state index in [9.17, 15) is 4.39 Å². The van der Waals surface area contributed by atoms with Gasteiger partial charge in [0.05, 0.1) is 21.4 Å². The van der Waals surface area contributed by atoms with Crippen LogP contribution in [-0.4, -0.2) is 9.78 Å². The first-order valence-electron chi connectivity index (χ1n) is 6.35. The van der Waals surface area contributed by atoms with Gasteiger partial charge in [-0.15, -0.1) is 0 Å². The molecule has 108 valence electrons. The summed E-state index contributed by atoms with van der Waals surface area (Å²) in [5.41, 5.74) is 8.37. The maximum absolute atomic E-state index is 13.5. The maximum Gasteiger partial charge on any atom is 0.142 e. The van der Waals surface area contributed by atoms with Crippen LogP contribution >= 0.6 is 23.2 Å². The van der Waals surface area contributed by atoms with Gasteiger partial charge in [0.2, 0.25) is 0 Å². The third-order valence-corrected chi connectivity index (χ3v) is 4.13. The van der Waals surface area contributed by atoms with Crippen LogP contribution in [0.15, 0.2) is 18.2 Å². The summed E-state index contributed by atoms with van der Waals surface area (Å²) in [5.74, 6) is -0.468. The predicted octanol–water partition coefficient (Wildman–Crippen LogP) is 3.67. The van der Waals surface area contributed by atoms with E-state index >= 15 is 0 Å². The molecule has 2 aromatic rings. The summed E-state index contributed by atoms with van der Waals surface area (Å²) in [5, 5.41) is 5.02. The van der Waals surface area contributed by atoms with Crippen molar-refractivity contribution in [1.82, 2.24) is 9.78 Å². The second-order valence-electron chi connectivity index (χ2n) is 4.64. The van der Waals surface area contributed by atoms with Crippen LogP contribution in [-0.2, 0) is 19.9 Å². The number of benzene rings is 1. The highest BCUT2D eigenvalue weighted by molar-refractivity contribution is 6.32. The van der Waals surface area contributed by atoms with Gasteiger partial charge < -0.3 is 5.73 Å². The molecule has 2 rings (SSSR count). The Kier molecular flexibility index (Phi) is 4.68. The number of aryl methyl sites for hydroxylation is 2. The van der Waals surface area contributed by atoms with Crippen LogP contribution in [0.1, 0.15) is 29.9 Å². The van der Waals surface area contributed by atoms with Crippen LogP contribution in [0.2, 0.25) is 10.0 Å². The number of hydrogen-bond acceptors (Lipinski definition) is 2. The van der Waals surface area contributed by atoms with Crippen molar-refractivity contribution in [2.24, 2.45) is 12.8 Å². The Morgan fingerprint density at radius 1 is 1.35 bits per heavy atom. The molecule has 1 aromatic carbocycles. The molecule has 0 bridgehead atoms. The van der Waals surface area contributed by atoms with Crippen LogP contribution in [0.4, 0.5) is 4.39 Å². The molecule has 1 unspecified atom stereocenters. The average molecular weight is 316 g/mol. The van der Waals surface area contributed by atoms with Crippen molar-refractivity contribution in [1.29, 1.82) is 0 Å². The summed E-state index contributed by atoms with van der Waals surface area (Å²) < 4.78 is 15.2. The van der Waals surface area contributed by atoms with E-state index in [2.05, 4.69) is 5.10 Å². The molecule has 1 atom stereocenters. The van der Waals surface area contributed by atoms with Crippen molar-refractivity contribution < 1.29 is 4.39 Å². The molecule has 0 aliphatic heterocycles. The van der Waals surface area contributed by atoms with Gasteiger partial charge in [-0.25, -0.2) is 4.39 Å². The Balaban J connectivity index is 2.30. The summed E-state index contributed by atoms with van der Waals surface area (Å²) in [6.07, 6.45) is 1.20. The van der Waals surface area contributed by atoms with E-state index in [4.69, 9.17) is 28.9 Å². The number of aromatic nitrogens is 2. The van der Waals surface area contributed by atoms with Crippen molar-refractivity contribution in [2.45, 2.75) is 25.8 Å². The molecule has 0 saturated carbocycles. The quantitative estimate of drug-likeness (QED) is 0.935. The summed E-state index contributed by atoms with van der Waals surface area (Å²) in [4.78, 5) is 0. The van der Waals surface area contributed by atoms with E-state index in [0.29, 0.717) is 17.0 Å². The molecular formula is C14H16Cl2FN3. The Labute approximate surface area is 127 Å². The van der Waals surface area contributed by atoms with Gasteiger partial charge in [-0.1, -0.05) is 42.3 Å². The lowest BCUT2D eigenvalue weighted by Crippen LogP contribution is -2.16. The monoisotopic (exact) mass is 315 g/mol. The zero-order valence-corrected chi connectivity index (χ0v) is 12.8. The van der Waals surface area contributed by atoms with Gasteiger partial charge in [-0.2, -0.15) is 5.10 Å². The van der Waals surface area contributed by atoms with Crippen LogP contribution < -0.4 is 5.73 Å². The zero-order chi connectivity index (χ0) is 14.9. The first-order valence-corrected chi connectivity index (χ1v) is 7.11. The highest BCUT2D eigenvalue weighted by Gasteiger charge is 2.19. The van der Waals surface area contributed by atoms with E-state index in [0.717, 1.165) is 17.8 Å². The van der Waals surface area contributed by atoms with E-state index < -0.39 is 11.9 Å². The average Bonchev–Trinajstić information content (AvgIpc) is 2.69. The first kappa shape index (κ1) is 15.3. The Hall–Kier alpha value is -1.10. The van der Waals surface area contributed by atoms with Gasteiger partial charge in [0.25, 0.3) is 0 Å². The Bertz CT molecular complexity index is 625. The molecule has 2 N–H and O–H groups in total. The van der Waals surface area contributed by atoms with Crippen LogP contribution in [0, 0.1) is 5.82 Å². The molecule has 0 aliphatic carbocycles. The minimum atomic E-state index is -0.468. The van der Waals surface area contributed by atoms with E-state index in [1.54, 1.807) is 16.8 Å². The highest BCUT2D eigenvalue weighted by atomic mass is 35.5. The maximum atomic E-state index is 13.5. The molecular weight excluding hydrogens is 300 g/mol. The lowest BCUT2D eigenvalue weighted by atomic mass is 10.0. The molecule has 0 spiro atoms. The summed E-state index contributed by atoms with van der Waals surface area (Å²) in [6, 6.07) is 4.20. The zero-order valence-electron chi connectivity index (χ0n) is 11.3. The van der Waals surface area contributed by atoms with Gasteiger partial charge in [0.1, 0.15) is 5.82 Å². The van der Waals surface area contributed by atoms with Crippen molar-refractivity contribution >= 4 is 23.2 Å². The largest absolute Gasteiger partial charge is 0.324 e. The molecule has 3 nitrogen and oxygen atoms in total. The number of halogens is 3. The van der Waals surface area contributed by atoms with Crippen LogP contribution in [0.5, 0.6) is 0 Å². The molecule has 0 aliphatic rings. The molecule has 0 radical (unpaired) electrons. The topological polar surface area (TPSA) is 43.8 Å². The second-order valence-corrected chi connectivity index (χ2v) is 5.39. The number of hydrogen-bond donors (Lipinski definition) is 1. The van der Waals surface area contributed by atoms with E-state index in [-0.39, 0.29) is 5.02 Å². The van der Waals surface area contributed by atoms with Crippen LogP contribution in [0.3, 0.4) is 0 Å². The normalized spacial score (nSPS) is 12.7. The van der Waals surface area contributed by atoms with Gasteiger partial charge in [-0.05, 0) is 18.1 Å². The van der Waals surface area contributed by atoms with Gasteiger partial charge in [0.15, 0.2) is 0 Å². The smallest absolute Gasteiger partial charge is 0.142 e. The second kappa shape index (κ2) is 6.12. The first-order chi connectivity index (χ1) is 9.45. The van der Waals surface area contributed by atoms with Crippen molar-refractivity contribution in [3.8, 4) is 0 Å². The minimum absolute atomic E-state index is 0.0639. The highest BCUT2D eigenvalue weighted by Crippen LogP contribution is 2.29. The molecule has 0 amide bonds. The Morgan fingerprint density at radius 3 is 2.65 bits per heavy atom. The van der Waals surface area contributed by atoms with Gasteiger partial charge in [-0.3, -0.25) is 4.68 Å².